The Kier molecular flexibility index (Phi) is 18.0. The molecule has 0 aliphatic carbocycles. The van der Waals surface area contributed by atoms with E-state index in [0.29, 0.717) is 29.5 Å². The highest BCUT2D eigenvalue weighted by Gasteiger charge is 2.15. The van der Waals surface area contributed by atoms with Crippen LogP contribution in [0.4, 0.5) is 34.5 Å². The summed E-state index contributed by atoms with van der Waals surface area (Å²) < 4.78 is 17.8. The fourth-order valence-electron chi connectivity index (χ4n) is 8.22. The normalized spacial score (nSPS) is 10.8. The Morgan fingerprint density at radius 3 is 1.32 bits per heavy atom. The number of esters is 2. The Bertz CT molecular complexity index is 3780. The van der Waals surface area contributed by atoms with Crippen LogP contribution in [-0.4, -0.2) is 101 Å². The van der Waals surface area contributed by atoms with Gasteiger partial charge in [0, 0.05) is 82.6 Å². The lowest BCUT2D eigenvalue weighted by atomic mass is 10.2. The van der Waals surface area contributed by atoms with Crippen LogP contribution >= 0.6 is 11.6 Å². The van der Waals surface area contributed by atoms with Gasteiger partial charge in [-0.15, -0.1) is 0 Å². The van der Waals surface area contributed by atoms with Crippen LogP contribution in [0, 0.1) is 0 Å². The molecule has 8 aromatic heterocycles. The van der Waals surface area contributed by atoms with Crippen LogP contribution in [0.2, 0.25) is 5.15 Å². The topological polar surface area (TPSA) is 214 Å². The molecule has 0 saturated heterocycles. The highest BCUT2D eigenvalue weighted by Crippen LogP contribution is 2.28. The lowest BCUT2D eigenvalue weighted by molar-refractivity contribution is 0.0517. The van der Waals surface area contributed by atoms with Crippen LogP contribution in [0.3, 0.4) is 0 Å². The molecule has 2 N–H and O–H groups in total. The number of fused-ring (bicyclic) bond motifs is 4. The molecule has 0 radical (unpaired) electrons. The van der Waals surface area contributed by atoms with E-state index in [0.717, 1.165) is 97.3 Å². The molecule has 11 rings (SSSR count). The summed E-state index contributed by atoms with van der Waals surface area (Å²) in [7, 11) is 7.80. The van der Waals surface area contributed by atoms with Crippen LogP contribution in [0.1, 0.15) is 54.0 Å². The lowest BCUT2D eigenvalue weighted by Crippen LogP contribution is -2.17. The number of aryl methyl sites for hydroxylation is 4. The number of halogens is 1. The molecule has 0 atom stereocenters. The number of nitrogens with zero attached hydrogens (tertiary/aromatic N) is 14. The number of aliphatic hydroxyl groups excluding tert-OH is 1. The van der Waals surface area contributed by atoms with Crippen molar-refractivity contribution in [3.63, 3.8) is 0 Å². The summed E-state index contributed by atoms with van der Waals surface area (Å²) in [5.74, 6) is 1.84. The average molecular weight is 1070 g/mol. The number of imidazole rings is 4. The van der Waals surface area contributed by atoms with E-state index in [1.165, 1.54) is 0 Å². The monoisotopic (exact) mass is 1070 g/mol. The Hall–Kier alpha value is -9.27. The summed E-state index contributed by atoms with van der Waals surface area (Å²) in [6, 6.07) is 30.1. The maximum Gasteiger partial charge on any atom is 0.338 e. The van der Waals surface area contributed by atoms with E-state index in [-0.39, 0.29) is 18.5 Å². The molecule has 0 bridgehead atoms. The molecule has 0 fully saturated rings. The number of ether oxygens (including phenoxy) is 2. The SMILES string of the molecule is CCN(c1ccc(CO)cc1)c1cc2c(cn1)ncn2C.CCOC(=O)c1ccc(N(CC)c2cc3c(cn2)ncn3C)cc1.CCOC(=O)c1ccc(Nc2cc3c(cn2)ncn3C)cc1.Cn1cnc2cnc(Cl)cc21. The van der Waals surface area contributed by atoms with Crippen molar-refractivity contribution in [3.05, 3.63) is 169 Å². The summed E-state index contributed by atoms with van der Waals surface area (Å²) in [4.78, 5) is 61.8. The third kappa shape index (κ3) is 13.0. The van der Waals surface area contributed by atoms with E-state index in [1.807, 2.05) is 113 Å². The number of carbonyl (C=O) groups is 2. The molecule has 0 saturated carbocycles. The van der Waals surface area contributed by atoms with Crippen molar-refractivity contribution in [2.24, 2.45) is 28.2 Å². The van der Waals surface area contributed by atoms with Crippen molar-refractivity contribution in [1.82, 2.24) is 58.1 Å². The van der Waals surface area contributed by atoms with Gasteiger partial charge in [0.15, 0.2) is 0 Å². The quantitative estimate of drug-likeness (QED) is 0.0811. The van der Waals surface area contributed by atoms with Gasteiger partial charge in [-0.2, -0.15) is 0 Å². The summed E-state index contributed by atoms with van der Waals surface area (Å²) >= 11 is 5.70. The van der Waals surface area contributed by atoms with E-state index in [2.05, 4.69) is 68.8 Å². The van der Waals surface area contributed by atoms with Gasteiger partial charge in [-0.1, -0.05) is 23.7 Å². The molecular formula is C57H60ClN15O5. The van der Waals surface area contributed by atoms with Crippen molar-refractivity contribution >= 4 is 102 Å². The third-order valence-electron chi connectivity index (χ3n) is 12.4. The molecular weight excluding hydrogens is 1010 g/mol. The zero-order chi connectivity index (χ0) is 55.3. The molecule has 78 heavy (non-hydrogen) atoms. The van der Waals surface area contributed by atoms with E-state index in [9.17, 15) is 9.59 Å². The van der Waals surface area contributed by atoms with Crippen LogP contribution in [0.15, 0.2) is 147 Å². The molecule has 0 aliphatic rings. The van der Waals surface area contributed by atoms with Gasteiger partial charge in [-0.05, 0) is 93.9 Å². The zero-order valence-electron chi connectivity index (χ0n) is 44.6. The summed E-state index contributed by atoms with van der Waals surface area (Å²) in [5.41, 5.74) is 12.5. The molecule has 3 aromatic carbocycles. The smallest absolute Gasteiger partial charge is 0.338 e. The number of anilines is 6. The summed E-state index contributed by atoms with van der Waals surface area (Å²) in [5, 5.41) is 12.8. The van der Waals surface area contributed by atoms with E-state index >= 15 is 0 Å². The number of hydrogen-bond acceptors (Lipinski definition) is 16. The number of pyridine rings is 4. The standard InChI is InChI=1S/C18H20N4O2.C16H16N4O2.C16H18N4O.C7H6ClN3/c1-4-22(14-8-6-13(7-9-14)18(23)24-5-2)17-10-16-15(11-19-17)20-12-21(16)3;1-3-22-16(21)11-4-6-12(7-5-11)19-15-8-14-13(9-17-15)18-10-20(14)2;1-3-20(13-6-4-12(10-21)5-7-13)16-8-15-14(9-17-16)18-11-19(15)2;1-11-4-10-5-3-9-7(8)2-6(5)11/h6-12H,4-5H2,1-3H3;4-10H,3H2,1-2H3,(H,17,19);4-9,11,21H,3,10H2,1-2H3;2-4H,1H3. The molecule has 11 aromatic rings. The third-order valence-corrected chi connectivity index (χ3v) is 12.6. The fraction of sp³-hybridized carbons (Fsp3) is 0.228. The maximum absolute atomic E-state index is 11.8. The first-order valence-corrected chi connectivity index (χ1v) is 25.5. The van der Waals surface area contributed by atoms with Gasteiger partial charge < -0.3 is 48.0 Å². The Labute approximate surface area is 455 Å². The molecule has 0 spiro atoms. The molecule has 0 unspecified atom stereocenters. The maximum atomic E-state index is 11.8. The minimum atomic E-state index is -0.316. The second-order valence-corrected chi connectivity index (χ2v) is 17.9. The lowest BCUT2D eigenvalue weighted by Gasteiger charge is -2.22. The minimum absolute atomic E-state index is 0.0611. The van der Waals surface area contributed by atoms with Gasteiger partial charge in [0.1, 0.15) is 44.7 Å². The second kappa shape index (κ2) is 25.5. The van der Waals surface area contributed by atoms with E-state index < -0.39 is 0 Å². The van der Waals surface area contributed by atoms with Gasteiger partial charge in [0.2, 0.25) is 0 Å². The first kappa shape index (κ1) is 55.0. The van der Waals surface area contributed by atoms with Crippen LogP contribution in [0.25, 0.3) is 44.1 Å². The number of carbonyl (C=O) groups excluding carboxylic acids is 2. The molecule has 0 aliphatic heterocycles. The number of hydrogen-bond donors (Lipinski definition) is 2. The van der Waals surface area contributed by atoms with Gasteiger partial charge in [-0.25, -0.2) is 49.5 Å². The van der Waals surface area contributed by atoms with Gasteiger partial charge >= 0.3 is 11.9 Å². The van der Waals surface area contributed by atoms with Crippen molar-refractivity contribution in [2.45, 2.75) is 34.3 Å². The number of nitrogens with one attached hydrogen (secondary N) is 1. The van der Waals surface area contributed by atoms with Crippen LogP contribution in [0.5, 0.6) is 0 Å². The number of rotatable bonds is 13. The highest BCUT2D eigenvalue weighted by molar-refractivity contribution is 6.29. The van der Waals surface area contributed by atoms with Crippen molar-refractivity contribution in [2.75, 3.05) is 41.4 Å². The Morgan fingerprint density at radius 2 is 0.897 bits per heavy atom. The largest absolute Gasteiger partial charge is 0.462 e. The molecule has 0 amide bonds. The first-order valence-electron chi connectivity index (χ1n) is 25.1. The Morgan fingerprint density at radius 1 is 0.513 bits per heavy atom. The number of benzene rings is 3. The van der Waals surface area contributed by atoms with Gasteiger partial charge in [-0.3, -0.25) is 0 Å². The fourth-order valence-corrected chi connectivity index (χ4v) is 8.37. The first-order chi connectivity index (χ1) is 37.8. The minimum Gasteiger partial charge on any atom is -0.462 e. The number of aromatic nitrogens is 12. The van der Waals surface area contributed by atoms with E-state index in [1.54, 1.807) is 94.3 Å². The predicted molar refractivity (Wildman–Crippen MR) is 305 cm³/mol. The second-order valence-electron chi connectivity index (χ2n) is 17.5. The van der Waals surface area contributed by atoms with E-state index in [4.69, 9.17) is 26.2 Å². The van der Waals surface area contributed by atoms with Gasteiger partial charge in [0.05, 0.1) is 103 Å². The van der Waals surface area contributed by atoms with Crippen molar-refractivity contribution < 1.29 is 24.2 Å². The zero-order valence-corrected chi connectivity index (χ0v) is 45.4. The van der Waals surface area contributed by atoms with Crippen molar-refractivity contribution in [1.29, 1.82) is 0 Å². The highest BCUT2D eigenvalue weighted by atomic mass is 35.5. The number of aliphatic hydroxyl groups is 1. The predicted octanol–water partition coefficient (Wildman–Crippen LogP) is 10.4. The average Bonchev–Trinajstić information content (AvgIpc) is 4.27. The summed E-state index contributed by atoms with van der Waals surface area (Å²) in [6.45, 7) is 10.1. The molecule has 400 valence electrons. The van der Waals surface area contributed by atoms with Crippen molar-refractivity contribution in [3.8, 4) is 0 Å². The molecule has 21 heteroatoms. The van der Waals surface area contributed by atoms with Crippen LogP contribution < -0.4 is 15.1 Å². The summed E-state index contributed by atoms with van der Waals surface area (Å²) in [6.07, 6.45) is 14.0. The Balaban J connectivity index is 0.000000141. The molecule has 8 heterocycles. The van der Waals surface area contributed by atoms with Gasteiger partial charge in [0.25, 0.3) is 0 Å². The van der Waals surface area contributed by atoms with Crippen LogP contribution in [-0.2, 0) is 44.3 Å². The molecule has 20 nitrogen and oxygen atoms in total.